The van der Waals surface area contributed by atoms with Gasteiger partial charge in [0.2, 0.25) is 6.41 Å². The van der Waals surface area contributed by atoms with Crippen molar-refractivity contribution in [3.63, 3.8) is 0 Å². The maximum Gasteiger partial charge on any atom is 0.238 e. The number of hydrogen-bond acceptors (Lipinski definition) is 6. The van der Waals surface area contributed by atoms with Crippen molar-refractivity contribution in [1.82, 2.24) is 20.3 Å². The zero-order valence-electron chi connectivity index (χ0n) is 14.1. The summed E-state index contributed by atoms with van der Waals surface area (Å²) in [6.07, 6.45) is 4.81. The Morgan fingerprint density at radius 1 is 1.38 bits per heavy atom. The standard InChI is InChI=1S/C17H20FN5O2.ClH/c18-16-9-13(1-2-15(16)12-3-5-19-6-4-12)23-11-14(25-17(23)24)10-22-8-7-20-21-22;/h1-3,7-9,14,17,19,24H,4-6,10-11H2;1H. The first-order valence-corrected chi connectivity index (χ1v) is 8.34. The van der Waals surface area contributed by atoms with Gasteiger partial charge in [0.05, 0.1) is 25.4 Å². The van der Waals surface area contributed by atoms with Gasteiger partial charge in [0.1, 0.15) is 5.82 Å². The molecule has 2 aliphatic rings. The number of anilines is 1. The van der Waals surface area contributed by atoms with Gasteiger partial charge in [-0.15, -0.1) is 17.5 Å². The molecule has 2 unspecified atom stereocenters. The molecule has 0 amide bonds. The van der Waals surface area contributed by atoms with Crippen LogP contribution in [0.2, 0.25) is 0 Å². The van der Waals surface area contributed by atoms with E-state index in [1.54, 1.807) is 28.0 Å². The Balaban J connectivity index is 0.00000196. The first kappa shape index (κ1) is 18.8. The number of hydrogen-bond donors (Lipinski definition) is 2. The van der Waals surface area contributed by atoms with E-state index in [9.17, 15) is 9.50 Å². The average molecular weight is 382 g/mol. The Kier molecular flexibility index (Phi) is 5.87. The van der Waals surface area contributed by atoms with E-state index < -0.39 is 6.41 Å². The van der Waals surface area contributed by atoms with Gasteiger partial charge in [0.15, 0.2) is 0 Å². The molecule has 1 aromatic heterocycles. The molecule has 3 heterocycles. The number of nitrogens with one attached hydrogen (secondary N) is 1. The molecule has 26 heavy (non-hydrogen) atoms. The van der Waals surface area contributed by atoms with Crippen LogP contribution < -0.4 is 10.2 Å². The van der Waals surface area contributed by atoms with E-state index >= 15 is 0 Å². The SMILES string of the molecule is Cl.OC1OC(Cn2ccnn2)CN1c1ccc(C2=CCNCC2)c(F)c1. The molecule has 1 fully saturated rings. The minimum atomic E-state index is -1.10. The van der Waals surface area contributed by atoms with Gasteiger partial charge in [-0.05, 0) is 36.7 Å². The van der Waals surface area contributed by atoms with Crippen LogP contribution in [0, 0.1) is 5.82 Å². The lowest BCUT2D eigenvalue weighted by Gasteiger charge is -2.22. The second kappa shape index (κ2) is 8.13. The quantitative estimate of drug-likeness (QED) is 0.833. The summed E-state index contributed by atoms with van der Waals surface area (Å²) < 4.78 is 21.8. The molecule has 0 radical (unpaired) electrons. The van der Waals surface area contributed by atoms with Crippen LogP contribution in [0.3, 0.4) is 0 Å². The van der Waals surface area contributed by atoms with E-state index in [1.165, 1.54) is 6.07 Å². The lowest BCUT2D eigenvalue weighted by Crippen LogP contribution is -2.30. The zero-order valence-corrected chi connectivity index (χ0v) is 14.9. The predicted octanol–water partition coefficient (Wildman–Crippen LogP) is 1.40. The van der Waals surface area contributed by atoms with Crippen molar-refractivity contribution in [1.29, 1.82) is 0 Å². The monoisotopic (exact) mass is 381 g/mol. The highest BCUT2D eigenvalue weighted by atomic mass is 35.5. The predicted molar refractivity (Wildman–Crippen MR) is 97.4 cm³/mol. The van der Waals surface area contributed by atoms with Crippen molar-refractivity contribution in [2.24, 2.45) is 0 Å². The number of benzene rings is 1. The molecule has 1 saturated heterocycles. The molecule has 1 aromatic carbocycles. The van der Waals surface area contributed by atoms with Crippen LogP contribution in [0.5, 0.6) is 0 Å². The molecule has 2 atom stereocenters. The molecule has 2 aromatic rings. The van der Waals surface area contributed by atoms with Crippen molar-refractivity contribution in [2.45, 2.75) is 25.5 Å². The second-order valence-corrected chi connectivity index (χ2v) is 6.21. The van der Waals surface area contributed by atoms with Crippen LogP contribution in [0.4, 0.5) is 10.1 Å². The Hall–Kier alpha value is -2.00. The van der Waals surface area contributed by atoms with Crippen LogP contribution in [0.1, 0.15) is 12.0 Å². The van der Waals surface area contributed by atoms with E-state index in [0.29, 0.717) is 24.3 Å². The third-order valence-electron chi connectivity index (χ3n) is 4.54. The summed E-state index contributed by atoms with van der Waals surface area (Å²) >= 11 is 0. The maximum atomic E-state index is 14.6. The minimum Gasteiger partial charge on any atom is -0.351 e. The topological polar surface area (TPSA) is 75.4 Å². The number of nitrogens with zero attached hydrogens (tertiary/aromatic N) is 4. The summed E-state index contributed by atoms with van der Waals surface area (Å²) in [4.78, 5) is 1.64. The van der Waals surface area contributed by atoms with Gasteiger partial charge < -0.3 is 20.1 Å². The molecule has 7 nitrogen and oxygen atoms in total. The van der Waals surface area contributed by atoms with E-state index in [0.717, 1.165) is 25.1 Å². The van der Waals surface area contributed by atoms with Gasteiger partial charge in [-0.2, -0.15) is 0 Å². The van der Waals surface area contributed by atoms with Crippen LogP contribution in [-0.4, -0.2) is 52.3 Å². The largest absolute Gasteiger partial charge is 0.351 e. The summed E-state index contributed by atoms with van der Waals surface area (Å²) in [7, 11) is 0. The van der Waals surface area contributed by atoms with Crippen molar-refractivity contribution in [3.05, 3.63) is 48.0 Å². The van der Waals surface area contributed by atoms with Gasteiger partial charge in [-0.25, -0.2) is 9.07 Å². The molecule has 2 N–H and O–H groups in total. The fraction of sp³-hybridized carbons (Fsp3) is 0.412. The number of aliphatic hydroxyl groups excluding tert-OH is 1. The lowest BCUT2D eigenvalue weighted by atomic mass is 9.99. The van der Waals surface area contributed by atoms with E-state index in [4.69, 9.17) is 4.74 Å². The highest BCUT2D eigenvalue weighted by molar-refractivity contribution is 5.85. The van der Waals surface area contributed by atoms with Crippen molar-refractivity contribution in [3.8, 4) is 0 Å². The molecule has 0 aliphatic carbocycles. The van der Waals surface area contributed by atoms with Gasteiger partial charge in [0, 0.05) is 24.0 Å². The molecule has 0 saturated carbocycles. The van der Waals surface area contributed by atoms with Crippen LogP contribution in [0.15, 0.2) is 36.7 Å². The number of halogens is 2. The summed E-state index contributed by atoms with van der Waals surface area (Å²) in [5, 5.41) is 21.0. The highest BCUT2D eigenvalue weighted by Gasteiger charge is 2.32. The van der Waals surface area contributed by atoms with Crippen molar-refractivity contribution >= 4 is 23.7 Å². The summed E-state index contributed by atoms with van der Waals surface area (Å²) in [6, 6.07) is 5.06. The lowest BCUT2D eigenvalue weighted by molar-refractivity contribution is -0.0924. The molecule has 9 heteroatoms. The summed E-state index contributed by atoms with van der Waals surface area (Å²) in [6.45, 7) is 2.55. The van der Waals surface area contributed by atoms with Gasteiger partial charge >= 0.3 is 0 Å². The third kappa shape index (κ3) is 3.88. The summed E-state index contributed by atoms with van der Waals surface area (Å²) in [5.74, 6) is -0.280. The minimum absolute atomic E-state index is 0. The van der Waals surface area contributed by atoms with Gasteiger partial charge in [-0.1, -0.05) is 11.3 Å². The third-order valence-corrected chi connectivity index (χ3v) is 4.54. The Morgan fingerprint density at radius 2 is 2.27 bits per heavy atom. The fourth-order valence-electron chi connectivity index (χ4n) is 3.28. The number of ether oxygens (including phenoxy) is 1. The fourth-order valence-corrected chi connectivity index (χ4v) is 3.28. The maximum absolute atomic E-state index is 14.6. The first-order chi connectivity index (χ1) is 12.2. The normalized spacial score (nSPS) is 22.8. The molecular formula is C17H21ClFN5O2. The molecular weight excluding hydrogens is 361 g/mol. The molecule has 0 spiro atoms. The van der Waals surface area contributed by atoms with Crippen molar-refractivity contribution in [2.75, 3.05) is 24.5 Å². The molecule has 2 aliphatic heterocycles. The average Bonchev–Trinajstić information content (AvgIpc) is 3.25. The van der Waals surface area contributed by atoms with Crippen LogP contribution in [0.25, 0.3) is 5.57 Å². The van der Waals surface area contributed by atoms with Gasteiger partial charge in [-0.3, -0.25) is 0 Å². The number of aromatic nitrogens is 3. The van der Waals surface area contributed by atoms with Crippen LogP contribution >= 0.6 is 12.4 Å². The second-order valence-electron chi connectivity index (χ2n) is 6.21. The number of aliphatic hydroxyl groups is 1. The smallest absolute Gasteiger partial charge is 0.238 e. The van der Waals surface area contributed by atoms with Crippen LogP contribution in [-0.2, 0) is 11.3 Å². The van der Waals surface area contributed by atoms with E-state index in [1.807, 2.05) is 12.1 Å². The first-order valence-electron chi connectivity index (χ1n) is 8.34. The zero-order chi connectivity index (χ0) is 17.2. The Bertz CT molecular complexity index is 771. The van der Waals surface area contributed by atoms with E-state index in [-0.39, 0.29) is 24.3 Å². The highest BCUT2D eigenvalue weighted by Crippen LogP contribution is 2.29. The van der Waals surface area contributed by atoms with E-state index in [2.05, 4.69) is 15.6 Å². The molecule has 4 rings (SSSR count). The Morgan fingerprint density at radius 3 is 2.96 bits per heavy atom. The number of rotatable bonds is 4. The summed E-state index contributed by atoms with van der Waals surface area (Å²) in [5.41, 5.74) is 2.24. The molecule has 0 bridgehead atoms. The van der Waals surface area contributed by atoms with Gasteiger partial charge in [0.25, 0.3) is 0 Å². The molecule has 140 valence electrons. The van der Waals surface area contributed by atoms with Crippen molar-refractivity contribution < 1.29 is 14.2 Å². The Labute approximate surface area is 156 Å².